The molecule has 0 aliphatic heterocycles. The molecule has 0 radical (unpaired) electrons. The molecule has 18 heavy (non-hydrogen) atoms. The van der Waals surface area contributed by atoms with E-state index in [0.29, 0.717) is 5.56 Å². The Balaban J connectivity index is 2.17. The highest BCUT2D eigenvalue weighted by Crippen LogP contribution is 2.14. The minimum atomic E-state index is -0.200. The molecule has 0 saturated carbocycles. The van der Waals surface area contributed by atoms with E-state index in [2.05, 4.69) is 0 Å². The Hall–Kier alpha value is -2.55. The maximum Gasteiger partial charge on any atom is 0.185 e. The molecule has 2 rings (SSSR count). The number of carbonyl (C=O) groups excluding carboxylic acids is 1. The molecule has 3 heteroatoms. The summed E-state index contributed by atoms with van der Waals surface area (Å²) in [6, 6.07) is 12.8. The Kier molecular flexibility index (Phi) is 3.44. The predicted octanol–water partition coefficient (Wildman–Crippen LogP) is 2.99. The standard InChI is InChI=1S/C15H12O3/c16-13-5-1-3-11(9-13)7-8-15(18)12-4-2-6-14(17)10-12/h1-10,16-17H/b8-7+. The molecule has 0 atom stereocenters. The zero-order chi connectivity index (χ0) is 13.0. The van der Waals surface area contributed by atoms with Crippen molar-refractivity contribution in [2.24, 2.45) is 0 Å². The van der Waals surface area contributed by atoms with Crippen LogP contribution >= 0.6 is 0 Å². The maximum absolute atomic E-state index is 11.8. The molecule has 0 heterocycles. The van der Waals surface area contributed by atoms with Crippen molar-refractivity contribution >= 4 is 11.9 Å². The van der Waals surface area contributed by atoms with E-state index in [1.165, 1.54) is 18.2 Å². The highest BCUT2D eigenvalue weighted by molar-refractivity contribution is 6.07. The molecule has 0 saturated heterocycles. The number of carbonyl (C=O) groups is 1. The lowest BCUT2D eigenvalue weighted by Crippen LogP contribution is -1.93. The van der Waals surface area contributed by atoms with E-state index in [9.17, 15) is 15.0 Å². The molecule has 0 amide bonds. The summed E-state index contributed by atoms with van der Waals surface area (Å²) in [6.07, 6.45) is 3.02. The lowest BCUT2D eigenvalue weighted by molar-refractivity contribution is 0.104. The number of phenolic OH excluding ortho intramolecular Hbond substituents is 2. The van der Waals surface area contributed by atoms with Gasteiger partial charge in [0.15, 0.2) is 5.78 Å². The van der Waals surface area contributed by atoms with Gasteiger partial charge in [0.2, 0.25) is 0 Å². The summed E-state index contributed by atoms with van der Waals surface area (Å²) in [6.45, 7) is 0. The van der Waals surface area contributed by atoms with E-state index in [4.69, 9.17) is 0 Å². The molecular weight excluding hydrogens is 228 g/mol. The number of hydrogen-bond donors (Lipinski definition) is 2. The highest BCUT2D eigenvalue weighted by atomic mass is 16.3. The fraction of sp³-hybridized carbons (Fsp3) is 0. The second-order valence-electron chi connectivity index (χ2n) is 3.84. The van der Waals surface area contributed by atoms with E-state index < -0.39 is 0 Å². The first-order chi connectivity index (χ1) is 8.65. The van der Waals surface area contributed by atoms with Gasteiger partial charge in [-0.25, -0.2) is 0 Å². The fourth-order valence-electron chi connectivity index (χ4n) is 1.56. The molecule has 2 aromatic carbocycles. The van der Waals surface area contributed by atoms with Crippen LogP contribution in [-0.2, 0) is 0 Å². The molecule has 0 bridgehead atoms. The first-order valence-corrected chi connectivity index (χ1v) is 5.45. The van der Waals surface area contributed by atoms with Crippen molar-refractivity contribution in [3.05, 3.63) is 65.7 Å². The van der Waals surface area contributed by atoms with Crippen LogP contribution in [0.25, 0.3) is 6.08 Å². The Morgan fingerprint density at radius 3 is 2.28 bits per heavy atom. The van der Waals surface area contributed by atoms with Crippen molar-refractivity contribution in [3.8, 4) is 11.5 Å². The van der Waals surface area contributed by atoms with E-state index in [-0.39, 0.29) is 17.3 Å². The quantitative estimate of drug-likeness (QED) is 0.640. The summed E-state index contributed by atoms with van der Waals surface area (Å²) in [5, 5.41) is 18.6. The zero-order valence-corrected chi connectivity index (χ0v) is 9.58. The Bertz CT molecular complexity index is 600. The summed E-state index contributed by atoms with van der Waals surface area (Å²) >= 11 is 0. The summed E-state index contributed by atoms with van der Waals surface area (Å²) < 4.78 is 0. The molecule has 0 aliphatic rings. The zero-order valence-electron chi connectivity index (χ0n) is 9.58. The normalized spacial score (nSPS) is 10.7. The largest absolute Gasteiger partial charge is 0.508 e. The molecule has 0 spiro atoms. The van der Waals surface area contributed by atoms with Crippen molar-refractivity contribution in [1.29, 1.82) is 0 Å². The van der Waals surface area contributed by atoms with Crippen LogP contribution in [0.2, 0.25) is 0 Å². The number of phenols is 2. The summed E-state index contributed by atoms with van der Waals surface area (Å²) in [5.41, 5.74) is 1.16. The Labute approximate surface area is 105 Å². The van der Waals surface area contributed by atoms with Gasteiger partial charge in [-0.2, -0.15) is 0 Å². The molecule has 3 nitrogen and oxygen atoms in total. The predicted molar refractivity (Wildman–Crippen MR) is 69.6 cm³/mol. The monoisotopic (exact) mass is 240 g/mol. The SMILES string of the molecule is O=C(/C=C/c1cccc(O)c1)c1cccc(O)c1. The molecule has 90 valence electrons. The van der Waals surface area contributed by atoms with Crippen LogP contribution in [0.1, 0.15) is 15.9 Å². The first-order valence-electron chi connectivity index (χ1n) is 5.45. The highest BCUT2D eigenvalue weighted by Gasteiger charge is 2.02. The van der Waals surface area contributed by atoms with E-state index >= 15 is 0 Å². The van der Waals surface area contributed by atoms with Crippen LogP contribution in [0, 0.1) is 0 Å². The third kappa shape index (κ3) is 2.98. The number of ketones is 1. The maximum atomic E-state index is 11.8. The topological polar surface area (TPSA) is 57.5 Å². The van der Waals surface area contributed by atoms with E-state index in [0.717, 1.165) is 5.56 Å². The number of hydrogen-bond acceptors (Lipinski definition) is 3. The molecule has 0 unspecified atom stereocenters. The molecule has 0 aliphatic carbocycles. The van der Waals surface area contributed by atoms with Crippen LogP contribution < -0.4 is 0 Å². The Morgan fingerprint density at radius 1 is 0.944 bits per heavy atom. The van der Waals surface area contributed by atoms with Crippen molar-refractivity contribution in [2.45, 2.75) is 0 Å². The minimum absolute atomic E-state index is 0.0617. The van der Waals surface area contributed by atoms with Gasteiger partial charge >= 0.3 is 0 Å². The molecule has 2 aromatic rings. The van der Waals surface area contributed by atoms with Gasteiger partial charge in [-0.1, -0.05) is 30.3 Å². The molecule has 2 N–H and O–H groups in total. The van der Waals surface area contributed by atoms with Gasteiger partial charge in [-0.15, -0.1) is 0 Å². The fourth-order valence-corrected chi connectivity index (χ4v) is 1.56. The van der Waals surface area contributed by atoms with Crippen LogP contribution in [-0.4, -0.2) is 16.0 Å². The lowest BCUT2D eigenvalue weighted by Gasteiger charge is -1.97. The van der Waals surface area contributed by atoms with Gasteiger partial charge in [0.25, 0.3) is 0 Å². The van der Waals surface area contributed by atoms with Crippen LogP contribution in [0.3, 0.4) is 0 Å². The number of allylic oxidation sites excluding steroid dienone is 1. The third-order valence-electron chi connectivity index (χ3n) is 2.43. The summed E-state index contributed by atoms with van der Waals surface area (Å²) in [7, 11) is 0. The van der Waals surface area contributed by atoms with Gasteiger partial charge in [0.05, 0.1) is 0 Å². The van der Waals surface area contributed by atoms with Crippen LogP contribution in [0.5, 0.6) is 11.5 Å². The number of aromatic hydroxyl groups is 2. The summed E-state index contributed by atoms with van der Waals surface area (Å²) in [5.74, 6) is 0.0165. The van der Waals surface area contributed by atoms with Crippen molar-refractivity contribution in [2.75, 3.05) is 0 Å². The van der Waals surface area contributed by atoms with Gasteiger partial charge in [-0.3, -0.25) is 4.79 Å². The second-order valence-corrected chi connectivity index (χ2v) is 3.84. The minimum Gasteiger partial charge on any atom is -0.508 e. The average molecular weight is 240 g/mol. The van der Waals surface area contributed by atoms with Crippen molar-refractivity contribution in [1.82, 2.24) is 0 Å². The molecular formula is C15H12O3. The van der Waals surface area contributed by atoms with Gasteiger partial charge in [-0.05, 0) is 35.9 Å². The van der Waals surface area contributed by atoms with Crippen LogP contribution in [0.4, 0.5) is 0 Å². The third-order valence-corrected chi connectivity index (χ3v) is 2.43. The van der Waals surface area contributed by atoms with Gasteiger partial charge < -0.3 is 10.2 Å². The smallest absolute Gasteiger partial charge is 0.185 e. The first kappa shape index (κ1) is 11.9. The van der Waals surface area contributed by atoms with Gasteiger partial charge in [0.1, 0.15) is 11.5 Å². The van der Waals surface area contributed by atoms with Crippen molar-refractivity contribution < 1.29 is 15.0 Å². The second kappa shape index (κ2) is 5.19. The Morgan fingerprint density at radius 2 is 1.61 bits per heavy atom. The lowest BCUT2D eigenvalue weighted by atomic mass is 10.1. The summed E-state index contributed by atoms with van der Waals surface area (Å²) in [4.78, 5) is 11.8. The number of rotatable bonds is 3. The number of benzene rings is 2. The average Bonchev–Trinajstić information content (AvgIpc) is 2.36. The molecule has 0 aromatic heterocycles. The van der Waals surface area contributed by atoms with E-state index in [1.54, 1.807) is 42.5 Å². The van der Waals surface area contributed by atoms with E-state index in [1.807, 2.05) is 0 Å². The molecule has 0 fully saturated rings. The van der Waals surface area contributed by atoms with Crippen LogP contribution in [0.15, 0.2) is 54.6 Å². The van der Waals surface area contributed by atoms with Gasteiger partial charge in [0, 0.05) is 5.56 Å². The van der Waals surface area contributed by atoms with Crippen molar-refractivity contribution in [3.63, 3.8) is 0 Å².